The Morgan fingerprint density at radius 3 is 2.85 bits per heavy atom. The van der Waals surface area contributed by atoms with E-state index in [9.17, 15) is 0 Å². The Labute approximate surface area is 79.4 Å². The van der Waals surface area contributed by atoms with Crippen LogP contribution in [0.25, 0.3) is 0 Å². The van der Waals surface area contributed by atoms with Crippen molar-refractivity contribution in [1.29, 1.82) is 0 Å². The highest BCUT2D eigenvalue weighted by molar-refractivity contribution is 5.68. The maximum atomic E-state index is 4.07. The van der Waals surface area contributed by atoms with Crippen LogP contribution in [0.2, 0.25) is 0 Å². The first-order chi connectivity index (χ1) is 6.07. The highest BCUT2D eigenvalue weighted by Crippen LogP contribution is 2.31. The average Bonchev–Trinajstić information content (AvgIpc) is 2.47. The number of rotatable bonds is 0. The molecular weight excluding hydrogens is 160 g/mol. The molecular formula is C11H16N2. The molecule has 0 fully saturated rings. The van der Waals surface area contributed by atoms with Crippen molar-refractivity contribution in [3.05, 3.63) is 23.8 Å². The first-order valence-electron chi connectivity index (χ1n) is 4.76. The first-order valence-corrected chi connectivity index (χ1v) is 4.76. The van der Waals surface area contributed by atoms with Crippen LogP contribution in [0.4, 0.5) is 0 Å². The molecule has 0 aromatic carbocycles. The monoisotopic (exact) mass is 176 g/mol. The van der Waals surface area contributed by atoms with Gasteiger partial charge < -0.3 is 5.43 Å². The van der Waals surface area contributed by atoms with Gasteiger partial charge in [0.1, 0.15) is 0 Å². The van der Waals surface area contributed by atoms with Gasteiger partial charge in [0.05, 0.1) is 6.04 Å². The topological polar surface area (TPSA) is 24.4 Å². The summed E-state index contributed by atoms with van der Waals surface area (Å²) in [5.41, 5.74) is 4.74. The summed E-state index contributed by atoms with van der Waals surface area (Å²) in [5, 5.41) is 4.07. The number of fused-ring (bicyclic) bond motifs is 1. The molecule has 2 unspecified atom stereocenters. The lowest BCUT2D eigenvalue weighted by Gasteiger charge is -2.26. The zero-order valence-electron chi connectivity index (χ0n) is 8.41. The Morgan fingerprint density at radius 2 is 2.15 bits per heavy atom. The highest BCUT2D eigenvalue weighted by atomic mass is 15.3. The lowest BCUT2D eigenvalue weighted by molar-refractivity contribution is 0.498. The van der Waals surface area contributed by atoms with Gasteiger partial charge in [-0.3, -0.25) is 0 Å². The fraction of sp³-hybridized carbons (Fsp3) is 0.545. The number of hydrazone groups is 1. The smallest absolute Gasteiger partial charge is 0.0739 e. The number of allylic oxidation sites excluding steroid dienone is 2. The zero-order chi connectivity index (χ0) is 9.47. The molecule has 2 rings (SSSR count). The van der Waals surface area contributed by atoms with E-state index in [4.69, 9.17) is 0 Å². The van der Waals surface area contributed by atoms with Crippen molar-refractivity contribution in [2.24, 2.45) is 16.4 Å². The molecule has 13 heavy (non-hydrogen) atoms. The molecule has 2 aliphatic rings. The number of hydrogen-bond acceptors (Lipinski definition) is 2. The van der Waals surface area contributed by atoms with Crippen LogP contribution in [0, 0.1) is 11.3 Å². The molecule has 0 bridgehead atoms. The van der Waals surface area contributed by atoms with Crippen LogP contribution in [0.1, 0.15) is 20.8 Å². The third kappa shape index (κ3) is 1.53. The normalized spacial score (nSPS) is 31.2. The Bertz CT molecular complexity index is 292. The maximum Gasteiger partial charge on any atom is 0.0739 e. The second kappa shape index (κ2) is 2.72. The summed E-state index contributed by atoms with van der Waals surface area (Å²) in [6.45, 7) is 6.71. The predicted octanol–water partition coefficient (Wildman–Crippen LogP) is 2.10. The van der Waals surface area contributed by atoms with Crippen LogP contribution in [0.15, 0.2) is 28.9 Å². The summed E-state index contributed by atoms with van der Waals surface area (Å²) >= 11 is 0. The van der Waals surface area contributed by atoms with E-state index in [0.717, 1.165) is 0 Å². The standard InChI is InChI=1S/C11H16N2/c1-11(2,3)9-5-4-8-7-12-13-10(8)6-9/h4-8,10,13H,1-3H3. The summed E-state index contributed by atoms with van der Waals surface area (Å²) in [5.74, 6) is 0.464. The lowest BCUT2D eigenvalue weighted by atomic mass is 9.80. The molecule has 0 radical (unpaired) electrons. The minimum absolute atomic E-state index is 0.242. The van der Waals surface area contributed by atoms with Gasteiger partial charge in [-0.15, -0.1) is 0 Å². The quantitative estimate of drug-likeness (QED) is 0.600. The number of nitrogens with one attached hydrogen (secondary N) is 1. The van der Waals surface area contributed by atoms with Gasteiger partial charge in [0.25, 0.3) is 0 Å². The van der Waals surface area contributed by atoms with Crippen molar-refractivity contribution < 1.29 is 0 Å². The van der Waals surface area contributed by atoms with Gasteiger partial charge in [-0.05, 0) is 11.0 Å². The molecule has 0 amide bonds. The van der Waals surface area contributed by atoms with Crippen molar-refractivity contribution in [1.82, 2.24) is 5.43 Å². The van der Waals surface area contributed by atoms with Crippen LogP contribution in [0.5, 0.6) is 0 Å². The van der Waals surface area contributed by atoms with Gasteiger partial charge in [0.2, 0.25) is 0 Å². The lowest BCUT2D eigenvalue weighted by Crippen LogP contribution is -2.28. The summed E-state index contributed by atoms with van der Waals surface area (Å²) in [6.07, 6.45) is 8.71. The molecule has 2 heteroatoms. The Balaban J connectivity index is 2.22. The van der Waals surface area contributed by atoms with E-state index in [1.807, 2.05) is 6.21 Å². The third-order valence-electron chi connectivity index (χ3n) is 2.61. The largest absolute Gasteiger partial charge is 0.302 e. The van der Waals surface area contributed by atoms with Gasteiger partial charge in [0.15, 0.2) is 0 Å². The summed E-state index contributed by atoms with van der Waals surface area (Å²) in [7, 11) is 0. The van der Waals surface area contributed by atoms with Crippen LogP contribution in [-0.2, 0) is 0 Å². The summed E-state index contributed by atoms with van der Waals surface area (Å²) in [4.78, 5) is 0. The Morgan fingerprint density at radius 1 is 1.38 bits per heavy atom. The molecule has 2 atom stereocenters. The minimum atomic E-state index is 0.242. The van der Waals surface area contributed by atoms with Crippen molar-refractivity contribution in [3.63, 3.8) is 0 Å². The van der Waals surface area contributed by atoms with Crippen molar-refractivity contribution in [2.45, 2.75) is 26.8 Å². The Hall–Kier alpha value is -1.05. The van der Waals surface area contributed by atoms with Gasteiger partial charge in [-0.25, -0.2) is 0 Å². The fourth-order valence-electron chi connectivity index (χ4n) is 1.68. The maximum absolute atomic E-state index is 4.07. The van der Waals surface area contributed by atoms with Crippen LogP contribution >= 0.6 is 0 Å². The third-order valence-corrected chi connectivity index (χ3v) is 2.61. The molecule has 1 aliphatic heterocycles. The van der Waals surface area contributed by atoms with E-state index < -0.39 is 0 Å². The van der Waals surface area contributed by atoms with Crippen molar-refractivity contribution in [2.75, 3.05) is 0 Å². The molecule has 0 aromatic heterocycles. The molecule has 0 saturated carbocycles. The molecule has 0 spiro atoms. The molecule has 0 aromatic rings. The van der Waals surface area contributed by atoms with E-state index in [2.05, 4.69) is 49.5 Å². The van der Waals surface area contributed by atoms with Crippen LogP contribution in [-0.4, -0.2) is 12.3 Å². The average molecular weight is 176 g/mol. The van der Waals surface area contributed by atoms with Crippen molar-refractivity contribution in [3.8, 4) is 0 Å². The zero-order valence-corrected chi connectivity index (χ0v) is 8.41. The number of nitrogens with zero attached hydrogens (tertiary/aromatic N) is 1. The van der Waals surface area contributed by atoms with E-state index in [0.29, 0.717) is 12.0 Å². The molecule has 0 saturated heterocycles. The van der Waals surface area contributed by atoms with E-state index >= 15 is 0 Å². The van der Waals surface area contributed by atoms with Crippen LogP contribution in [0.3, 0.4) is 0 Å². The highest BCUT2D eigenvalue weighted by Gasteiger charge is 2.26. The molecule has 1 heterocycles. The first kappa shape index (κ1) is 8.54. The minimum Gasteiger partial charge on any atom is -0.302 e. The Kier molecular flexibility index (Phi) is 1.79. The van der Waals surface area contributed by atoms with Gasteiger partial charge >= 0.3 is 0 Å². The molecule has 1 aliphatic carbocycles. The van der Waals surface area contributed by atoms with Crippen molar-refractivity contribution >= 4 is 6.21 Å². The molecule has 70 valence electrons. The van der Waals surface area contributed by atoms with Gasteiger partial charge in [0, 0.05) is 12.1 Å². The fourth-order valence-corrected chi connectivity index (χ4v) is 1.68. The number of hydrogen-bond donors (Lipinski definition) is 1. The van der Waals surface area contributed by atoms with E-state index in [1.165, 1.54) is 5.57 Å². The second-order valence-electron chi connectivity index (χ2n) is 4.74. The molecule has 2 nitrogen and oxygen atoms in total. The van der Waals surface area contributed by atoms with E-state index in [1.54, 1.807) is 0 Å². The van der Waals surface area contributed by atoms with Crippen LogP contribution < -0.4 is 5.43 Å². The van der Waals surface area contributed by atoms with E-state index in [-0.39, 0.29) is 5.41 Å². The van der Waals surface area contributed by atoms with Gasteiger partial charge in [-0.1, -0.05) is 39.0 Å². The summed E-state index contributed by atoms with van der Waals surface area (Å²) < 4.78 is 0. The summed E-state index contributed by atoms with van der Waals surface area (Å²) in [6, 6.07) is 0.388. The SMILES string of the molecule is CC(C)(C)C1=CC2NN=CC2C=C1. The predicted molar refractivity (Wildman–Crippen MR) is 55.6 cm³/mol. The molecule has 1 N–H and O–H groups in total. The van der Waals surface area contributed by atoms with Gasteiger partial charge in [-0.2, -0.15) is 5.10 Å². The second-order valence-corrected chi connectivity index (χ2v) is 4.74.